The van der Waals surface area contributed by atoms with E-state index in [0.717, 1.165) is 34.5 Å². The van der Waals surface area contributed by atoms with E-state index in [-0.39, 0.29) is 9.80 Å². The molecule has 7 heteroatoms. The van der Waals surface area contributed by atoms with Crippen LogP contribution in [0.1, 0.15) is 30.0 Å². The van der Waals surface area contributed by atoms with Crippen molar-refractivity contribution in [2.45, 2.75) is 32.1 Å². The highest BCUT2D eigenvalue weighted by Gasteiger charge is 2.23. The van der Waals surface area contributed by atoms with Gasteiger partial charge < -0.3 is 4.74 Å². The van der Waals surface area contributed by atoms with Crippen LogP contribution < -0.4 is 4.74 Å². The molecular formula is C29H27N3O3S. The van der Waals surface area contributed by atoms with Crippen LogP contribution in [0.15, 0.2) is 88.8 Å². The van der Waals surface area contributed by atoms with Crippen molar-refractivity contribution in [3.05, 3.63) is 101 Å². The molecule has 4 aromatic rings. The Bertz CT molecular complexity index is 1550. The van der Waals surface area contributed by atoms with Crippen molar-refractivity contribution in [3.63, 3.8) is 0 Å². The molecule has 0 N–H and O–H groups in total. The number of nitrogens with zero attached hydrogens (tertiary/aromatic N) is 3. The van der Waals surface area contributed by atoms with Crippen molar-refractivity contribution in [2.24, 2.45) is 0 Å². The summed E-state index contributed by atoms with van der Waals surface area (Å²) in [6, 6.07) is 23.6. The second kappa shape index (κ2) is 10.6. The Kier molecular flexibility index (Phi) is 7.37. The van der Waals surface area contributed by atoms with E-state index in [0.29, 0.717) is 17.9 Å². The minimum Gasteiger partial charge on any atom is -0.494 e. The summed E-state index contributed by atoms with van der Waals surface area (Å²) in [5, 5.41) is 14.6. The minimum absolute atomic E-state index is 0.0755. The van der Waals surface area contributed by atoms with Crippen LogP contribution in [0.3, 0.4) is 0 Å². The average molecular weight is 498 g/mol. The number of ether oxygens (including phenoxy) is 1. The minimum atomic E-state index is -4.00. The first-order valence-corrected chi connectivity index (χ1v) is 13.1. The van der Waals surface area contributed by atoms with Gasteiger partial charge >= 0.3 is 0 Å². The quantitative estimate of drug-likeness (QED) is 0.267. The molecule has 1 heterocycles. The molecule has 0 aliphatic heterocycles. The number of allylic oxidation sites excluding steroid dienone is 1. The molecule has 0 atom stereocenters. The first-order chi connectivity index (χ1) is 17.3. The molecular weight excluding hydrogens is 470 g/mol. The second-order valence-corrected chi connectivity index (χ2v) is 10.4. The molecule has 0 amide bonds. The van der Waals surface area contributed by atoms with Crippen molar-refractivity contribution in [1.82, 2.24) is 9.78 Å². The predicted octanol–water partition coefficient (Wildman–Crippen LogP) is 6.28. The number of benzene rings is 3. The Balaban J connectivity index is 1.86. The topological polar surface area (TPSA) is 85.0 Å². The second-order valence-electron chi connectivity index (χ2n) is 8.48. The Morgan fingerprint density at radius 3 is 2.42 bits per heavy atom. The van der Waals surface area contributed by atoms with Gasteiger partial charge in [-0.15, -0.1) is 0 Å². The van der Waals surface area contributed by atoms with Crippen molar-refractivity contribution in [1.29, 1.82) is 5.26 Å². The number of nitriles is 1. The molecule has 36 heavy (non-hydrogen) atoms. The fraction of sp³-hybridized carbons (Fsp3) is 0.172. The zero-order chi connectivity index (χ0) is 25.7. The average Bonchev–Trinajstić information content (AvgIpc) is 3.30. The molecule has 0 radical (unpaired) electrons. The van der Waals surface area contributed by atoms with Crippen LogP contribution >= 0.6 is 0 Å². The zero-order valence-corrected chi connectivity index (χ0v) is 21.3. The summed E-state index contributed by atoms with van der Waals surface area (Å²) in [4.78, 5) is -0.271. The van der Waals surface area contributed by atoms with Gasteiger partial charge in [0.05, 0.1) is 17.2 Å². The highest BCUT2D eigenvalue weighted by Crippen LogP contribution is 2.32. The maximum absolute atomic E-state index is 13.3. The van der Waals surface area contributed by atoms with E-state index in [4.69, 9.17) is 9.84 Å². The third-order valence-corrected chi connectivity index (χ3v) is 7.39. The maximum atomic E-state index is 13.3. The van der Waals surface area contributed by atoms with Gasteiger partial charge in [-0.3, -0.25) is 0 Å². The fourth-order valence-electron chi connectivity index (χ4n) is 3.78. The third-order valence-electron chi connectivity index (χ3n) is 5.71. The van der Waals surface area contributed by atoms with Gasteiger partial charge in [-0.1, -0.05) is 42.8 Å². The van der Waals surface area contributed by atoms with Crippen molar-refractivity contribution in [2.75, 3.05) is 6.61 Å². The molecule has 0 spiro atoms. The highest BCUT2D eigenvalue weighted by molar-refractivity contribution is 7.95. The van der Waals surface area contributed by atoms with E-state index >= 15 is 0 Å². The smallest absolute Gasteiger partial charge is 0.216 e. The van der Waals surface area contributed by atoms with Gasteiger partial charge in [-0.25, -0.2) is 13.1 Å². The fourth-order valence-corrected chi connectivity index (χ4v) is 4.93. The highest BCUT2D eigenvalue weighted by atomic mass is 32.2. The van der Waals surface area contributed by atoms with Crippen LogP contribution in [-0.2, 0) is 9.84 Å². The number of hydrogen-bond acceptors (Lipinski definition) is 5. The van der Waals surface area contributed by atoms with E-state index in [2.05, 4.69) is 0 Å². The van der Waals surface area contributed by atoms with E-state index in [1.165, 1.54) is 18.2 Å². The normalized spacial score (nSPS) is 11.8. The predicted molar refractivity (Wildman–Crippen MR) is 141 cm³/mol. The van der Waals surface area contributed by atoms with Gasteiger partial charge in [0.25, 0.3) is 0 Å². The molecule has 0 unspecified atom stereocenters. The number of sulfone groups is 1. The molecule has 6 nitrogen and oxygen atoms in total. The molecule has 0 aliphatic rings. The zero-order valence-electron chi connectivity index (χ0n) is 20.5. The largest absolute Gasteiger partial charge is 0.494 e. The summed E-state index contributed by atoms with van der Waals surface area (Å²) in [7, 11) is -4.00. The maximum Gasteiger partial charge on any atom is 0.216 e. The van der Waals surface area contributed by atoms with Crippen LogP contribution in [0, 0.1) is 25.2 Å². The van der Waals surface area contributed by atoms with Crippen LogP contribution in [0.25, 0.3) is 23.0 Å². The van der Waals surface area contributed by atoms with Crippen LogP contribution in [0.5, 0.6) is 5.75 Å². The first kappa shape index (κ1) is 25.0. The van der Waals surface area contributed by atoms with Crippen molar-refractivity contribution in [3.8, 4) is 28.8 Å². The number of hydrogen-bond donors (Lipinski definition) is 0. The van der Waals surface area contributed by atoms with Crippen LogP contribution in [0.4, 0.5) is 0 Å². The van der Waals surface area contributed by atoms with Gasteiger partial charge in [0.15, 0.2) is 0 Å². The van der Waals surface area contributed by atoms with Gasteiger partial charge in [0.2, 0.25) is 9.84 Å². The SMILES string of the molecule is CCCOc1ccc(-c2nn(-c3ccccc3)cc2/C=C(/C#N)S(=O)(=O)c2ccc(C)cc2)c(C)c1. The van der Waals surface area contributed by atoms with Gasteiger partial charge in [0, 0.05) is 17.3 Å². The summed E-state index contributed by atoms with van der Waals surface area (Å²) in [6.07, 6.45) is 4.05. The lowest BCUT2D eigenvalue weighted by Gasteiger charge is -2.09. The molecule has 0 saturated heterocycles. The van der Waals surface area contributed by atoms with Gasteiger partial charge in [-0.05, 0) is 74.4 Å². The van der Waals surface area contributed by atoms with Crippen molar-refractivity contribution < 1.29 is 13.2 Å². The third kappa shape index (κ3) is 5.24. The van der Waals surface area contributed by atoms with E-state index < -0.39 is 9.84 Å². The summed E-state index contributed by atoms with van der Waals surface area (Å²) in [5.74, 6) is 0.761. The van der Waals surface area contributed by atoms with Gasteiger partial charge in [-0.2, -0.15) is 10.4 Å². The summed E-state index contributed by atoms with van der Waals surface area (Å²) in [6.45, 7) is 6.51. The lowest BCUT2D eigenvalue weighted by molar-refractivity contribution is 0.317. The molecule has 1 aromatic heterocycles. The standard InChI is InChI=1S/C29H27N3O3S/c1-4-16-35-25-12-15-28(22(3)17-25)29-23(20-32(31-29)24-8-6-5-7-9-24)18-27(19-30)36(33,34)26-13-10-21(2)11-14-26/h5-15,17-18,20H,4,16H2,1-3H3/b27-18-. The molecule has 0 aliphatic carbocycles. The molecule has 0 fully saturated rings. The van der Waals surface area contributed by atoms with Crippen LogP contribution in [0.2, 0.25) is 0 Å². The van der Waals surface area contributed by atoms with E-state index in [1.807, 2.05) is 75.4 Å². The summed E-state index contributed by atoms with van der Waals surface area (Å²) >= 11 is 0. The Hall–Kier alpha value is -4.15. The molecule has 4 rings (SSSR count). The Morgan fingerprint density at radius 2 is 1.78 bits per heavy atom. The first-order valence-electron chi connectivity index (χ1n) is 11.7. The number of aryl methyl sites for hydroxylation is 2. The lowest BCUT2D eigenvalue weighted by Crippen LogP contribution is -2.03. The molecule has 3 aromatic carbocycles. The molecule has 182 valence electrons. The lowest BCUT2D eigenvalue weighted by atomic mass is 10.0. The molecule has 0 saturated carbocycles. The number of para-hydroxylation sites is 1. The van der Waals surface area contributed by atoms with Crippen molar-refractivity contribution >= 4 is 15.9 Å². The number of rotatable bonds is 8. The van der Waals surface area contributed by atoms with Gasteiger partial charge in [0.1, 0.15) is 22.4 Å². The Labute approximate surface area is 212 Å². The summed E-state index contributed by atoms with van der Waals surface area (Å²) in [5.41, 5.74) is 4.60. The number of aromatic nitrogens is 2. The summed E-state index contributed by atoms with van der Waals surface area (Å²) < 4.78 is 34.0. The monoisotopic (exact) mass is 497 g/mol. The van der Waals surface area contributed by atoms with Crippen LogP contribution in [-0.4, -0.2) is 24.8 Å². The van der Waals surface area contributed by atoms with E-state index in [9.17, 15) is 13.7 Å². The van der Waals surface area contributed by atoms with E-state index in [1.54, 1.807) is 23.0 Å². The molecule has 0 bridgehead atoms. The Morgan fingerprint density at radius 1 is 1.06 bits per heavy atom.